The van der Waals surface area contributed by atoms with Crippen LogP contribution in [0, 0.1) is 17.8 Å². The number of likely N-dealkylation sites (tertiary alicyclic amines) is 1. The molecule has 1 heterocycles. The number of hydrogen-bond acceptors (Lipinski definition) is 2. The second-order valence-corrected chi connectivity index (χ2v) is 8.76. The summed E-state index contributed by atoms with van der Waals surface area (Å²) in [5, 5.41) is 3.06. The second kappa shape index (κ2) is 6.40. The van der Waals surface area contributed by atoms with Crippen LogP contribution < -0.4 is 5.32 Å². The highest BCUT2D eigenvalue weighted by Crippen LogP contribution is 2.58. The van der Waals surface area contributed by atoms with Crippen molar-refractivity contribution >= 4 is 11.8 Å². The van der Waals surface area contributed by atoms with Gasteiger partial charge in [0.1, 0.15) is 0 Å². The Morgan fingerprint density at radius 3 is 2.27 bits per heavy atom. The number of hydrogen-bond donors (Lipinski definition) is 1. The van der Waals surface area contributed by atoms with E-state index in [0.717, 1.165) is 32.4 Å². The number of amides is 2. The van der Waals surface area contributed by atoms with Gasteiger partial charge < -0.3 is 10.2 Å². The van der Waals surface area contributed by atoms with Crippen LogP contribution in [0.4, 0.5) is 0 Å². The van der Waals surface area contributed by atoms with Gasteiger partial charge in [0.15, 0.2) is 0 Å². The maximum atomic E-state index is 12.8. The van der Waals surface area contributed by atoms with Crippen molar-refractivity contribution in [3.05, 3.63) is 35.4 Å². The van der Waals surface area contributed by atoms with Crippen molar-refractivity contribution in [1.29, 1.82) is 0 Å². The van der Waals surface area contributed by atoms with Crippen LogP contribution in [0.5, 0.6) is 0 Å². The summed E-state index contributed by atoms with van der Waals surface area (Å²) in [6.07, 6.45) is 3.15. The summed E-state index contributed by atoms with van der Waals surface area (Å²) in [5.74, 6) is 2.44. The Labute approximate surface area is 156 Å². The van der Waals surface area contributed by atoms with E-state index in [1.54, 1.807) is 0 Å². The Hall–Kier alpha value is -1.84. The van der Waals surface area contributed by atoms with Gasteiger partial charge in [0.25, 0.3) is 0 Å². The van der Waals surface area contributed by atoms with Gasteiger partial charge in [-0.2, -0.15) is 0 Å². The Kier molecular flexibility index (Phi) is 4.32. The number of aryl methyl sites for hydroxylation is 1. The Bertz CT molecular complexity index is 693. The Morgan fingerprint density at radius 1 is 1.12 bits per heavy atom. The van der Waals surface area contributed by atoms with Gasteiger partial charge >= 0.3 is 0 Å². The zero-order chi connectivity index (χ0) is 18.5. The Balaban J connectivity index is 1.28. The van der Waals surface area contributed by atoms with Crippen LogP contribution in [0.15, 0.2) is 24.3 Å². The standard InChI is InChI=1S/C22H30N2O2/c1-4-14-6-8-15(9-7-14)20-17-12-24(13-18(17)20)21(26)16-10-22(3,11-16)23-19(25)5-2/h6-9,16-18,20H,4-5,10-13H2,1-3H3,(H,23,25)/t16?,17-,18+,20?,22?. The van der Waals surface area contributed by atoms with E-state index in [9.17, 15) is 9.59 Å². The first kappa shape index (κ1) is 17.6. The van der Waals surface area contributed by atoms with Crippen molar-refractivity contribution in [2.45, 2.75) is 57.9 Å². The minimum absolute atomic E-state index is 0.0812. The molecule has 1 aromatic carbocycles. The van der Waals surface area contributed by atoms with Crippen LogP contribution in [0.1, 0.15) is 57.1 Å². The van der Waals surface area contributed by atoms with Crippen molar-refractivity contribution in [2.24, 2.45) is 17.8 Å². The average molecular weight is 354 g/mol. The predicted octanol–water partition coefficient (Wildman–Crippen LogP) is 3.12. The fourth-order valence-corrected chi connectivity index (χ4v) is 5.16. The molecule has 1 saturated heterocycles. The van der Waals surface area contributed by atoms with Crippen molar-refractivity contribution in [3.63, 3.8) is 0 Å². The molecule has 4 rings (SSSR count). The summed E-state index contributed by atoms with van der Waals surface area (Å²) >= 11 is 0. The topological polar surface area (TPSA) is 49.4 Å². The third-order valence-electron chi connectivity index (χ3n) is 6.78. The predicted molar refractivity (Wildman–Crippen MR) is 102 cm³/mol. The zero-order valence-electron chi connectivity index (χ0n) is 16.1. The average Bonchev–Trinajstić information content (AvgIpc) is 3.11. The van der Waals surface area contributed by atoms with E-state index in [1.165, 1.54) is 11.1 Å². The SMILES string of the molecule is CCC(=O)NC1(C)CC(C(=O)N2C[C@@H]3C(c4ccc(CC)cc4)[C@@H]3C2)C1. The molecule has 2 saturated carbocycles. The highest BCUT2D eigenvalue weighted by atomic mass is 16.2. The monoisotopic (exact) mass is 354 g/mol. The van der Waals surface area contributed by atoms with E-state index < -0.39 is 0 Å². The van der Waals surface area contributed by atoms with Gasteiger partial charge in [-0.05, 0) is 55.1 Å². The molecule has 1 aromatic rings. The van der Waals surface area contributed by atoms with Gasteiger partial charge in [0.2, 0.25) is 11.8 Å². The summed E-state index contributed by atoms with van der Waals surface area (Å²) in [5.41, 5.74) is 2.65. The molecule has 0 aromatic heterocycles. The molecule has 1 unspecified atom stereocenters. The lowest BCUT2D eigenvalue weighted by Crippen LogP contribution is -2.58. The molecule has 4 heteroatoms. The molecule has 2 amide bonds. The summed E-state index contributed by atoms with van der Waals surface area (Å²) in [6.45, 7) is 7.93. The largest absolute Gasteiger partial charge is 0.351 e. The highest BCUT2D eigenvalue weighted by molar-refractivity contribution is 5.82. The van der Waals surface area contributed by atoms with Crippen LogP contribution in [0.3, 0.4) is 0 Å². The van der Waals surface area contributed by atoms with E-state index in [2.05, 4.69) is 48.3 Å². The molecular weight excluding hydrogens is 324 g/mol. The number of rotatable bonds is 5. The molecule has 0 bridgehead atoms. The molecule has 1 N–H and O–H groups in total. The zero-order valence-corrected chi connectivity index (χ0v) is 16.1. The van der Waals surface area contributed by atoms with E-state index in [1.807, 2.05) is 6.92 Å². The van der Waals surface area contributed by atoms with Gasteiger partial charge in [-0.3, -0.25) is 9.59 Å². The molecule has 1 aliphatic heterocycles. The second-order valence-electron chi connectivity index (χ2n) is 8.76. The van der Waals surface area contributed by atoms with Crippen LogP contribution in [-0.2, 0) is 16.0 Å². The fourth-order valence-electron chi connectivity index (χ4n) is 5.16. The normalized spacial score (nSPS) is 34.8. The van der Waals surface area contributed by atoms with Crippen LogP contribution in [-0.4, -0.2) is 35.3 Å². The van der Waals surface area contributed by atoms with Gasteiger partial charge in [-0.1, -0.05) is 38.1 Å². The van der Waals surface area contributed by atoms with Crippen LogP contribution in [0.25, 0.3) is 0 Å². The molecule has 140 valence electrons. The van der Waals surface area contributed by atoms with E-state index >= 15 is 0 Å². The van der Waals surface area contributed by atoms with Gasteiger partial charge in [0.05, 0.1) is 0 Å². The first-order valence-electron chi connectivity index (χ1n) is 10.1. The number of nitrogens with one attached hydrogen (secondary N) is 1. The van der Waals surface area contributed by atoms with Crippen LogP contribution >= 0.6 is 0 Å². The highest BCUT2D eigenvalue weighted by Gasteiger charge is 2.58. The maximum Gasteiger partial charge on any atom is 0.225 e. The molecule has 2 aliphatic carbocycles. The van der Waals surface area contributed by atoms with Crippen molar-refractivity contribution < 1.29 is 9.59 Å². The van der Waals surface area contributed by atoms with Gasteiger partial charge in [0, 0.05) is 31.0 Å². The lowest BCUT2D eigenvalue weighted by atomic mass is 9.68. The van der Waals surface area contributed by atoms with E-state index in [0.29, 0.717) is 30.1 Å². The third kappa shape index (κ3) is 3.04. The minimum Gasteiger partial charge on any atom is -0.351 e. The number of piperidine rings is 1. The van der Waals surface area contributed by atoms with E-state index in [-0.39, 0.29) is 17.4 Å². The number of benzene rings is 1. The van der Waals surface area contributed by atoms with Gasteiger partial charge in [-0.15, -0.1) is 0 Å². The number of carbonyl (C=O) groups is 2. The quantitative estimate of drug-likeness (QED) is 0.883. The number of nitrogens with zero attached hydrogens (tertiary/aromatic N) is 1. The summed E-state index contributed by atoms with van der Waals surface area (Å²) < 4.78 is 0. The first-order valence-corrected chi connectivity index (χ1v) is 10.1. The molecule has 3 fully saturated rings. The first-order chi connectivity index (χ1) is 12.4. The maximum absolute atomic E-state index is 12.8. The molecule has 26 heavy (non-hydrogen) atoms. The number of carbonyl (C=O) groups excluding carboxylic acids is 2. The molecule has 0 radical (unpaired) electrons. The smallest absolute Gasteiger partial charge is 0.225 e. The number of fused-ring (bicyclic) bond motifs is 1. The molecule has 3 atom stereocenters. The summed E-state index contributed by atoms with van der Waals surface area (Å²) in [6, 6.07) is 9.04. The molecular formula is C22H30N2O2. The Morgan fingerprint density at radius 2 is 1.73 bits per heavy atom. The lowest BCUT2D eigenvalue weighted by molar-refractivity contribution is -0.142. The van der Waals surface area contributed by atoms with Crippen molar-refractivity contribution in [3.8, 4) is 0 Å². The summed E-state index contributed by atoms with van der Waals surface area (Å²) in [7, 11) is 0. The molecule has 4 nitrogen and oxygen atoms in total. The van der Waals surface area contributed by atoms with Crippen LogP contribution in [0.2, 0.25) is 0 Å². The van der Waals surface area contributed by atoms with E-state index in [4.69, 9.17) is 0 Å². The van der Waals surface area contributed by atoms with Gasteiger partial charge in [-0.25, -0.2) is 0 Å². The molecule has 3 aliphatic rings. The summed E-state index contributed by atoms with van der Waals surface area (Å²) in [4.78, 5) is 26.5. The van der Waals surface area contributed by atoms with Crippen molar-refractivity contribution in [2.75, 3.05) is 13.1 Å². The lowest BCUT2D eigenvalue weighted by Gasteiger charge is -2.46. The van der Waals surface area contributed by atoms with Crippen molar-refractivity contribution in [1.82, 2.24) is 10.2 Å². The molecule has 0 spiro atoms. The minimum atomic E-state index is -0.181. The third-order valence-corrected chi connectivity index (χ3v) is 6.78. The fraction of sp³-hybridized carbons (Fsp3) is 0.636.